The van der Waals surface area contributed by atoms with Crippen LogP contribution in [0.2, 0.25) is 0 Å². The number of nitrogens with one attached hydrogen (secondary N) is 2. The Morgan fingerprint density at radius 2 is 1.93 bits per heavy atom. The molecular formula is C16H13F3N4O4S. The Kier molecular flexibility index (Phi) is 5.23. The third-order valence-electron chi connectivity index (χ3n) is 3.68. The van der Waals surface area contributed by atoms with Crippen LogP contribution in [0.25, 0.3) is 0 Å². The lowest BCUT2D eigenvalue weighted by molar-refractivity contribution is -0.137. The summed E-state index contributed by atoms with van der Waals surface area (Å²) in [6.45, 7) is 1.95. The van der Waals surface area contributed by atoms with Gasteiger partial charge in [-0.25, -0.2) is 4.21 Å². The van der Waals surface area contributed by atoms with Crippen molar-refractivity contribution in [2.45, 2.75) is 19.6 Å². The largest absolute Gasteiger partial charge is 0.505 e. The Morgan fingerprint density at radius 3 is 2.54 bits per heavy atom. The summed E-state index contributed by atoms with van der Waals surface area (Å²) in [5.74, 6) is 0.328. The molecule has 0 radical (unpaired) electrons. The molecule has 0 aliphatic carbocycles. The van der Waals surface area contributed by atoms with E-state index >= 15 is 0 Å². The maximum atomic E-state index is 12.9. The molecule has 1 atom stereocenters. The second kappa shape index (κ2) is 7.46. The number of aromatic hydroxyl groups is 1. The minimum absolute atomic E-state index is 0.0549. The predicted molar refractivity (Wildman–Crippen MR) is 95.4 cm³/mol. The monoisotopic (exact) mass is 414 g/mol. The molecule has 0 amide bonds. The van der Waals surface area contributed by atoms with E-state index in [2.05, 4.69) is 19.4 Å². The standard InChI is InChI=1S/C16H13F3N4O4S/c1-8-2-3-9(27-8)6-20-14-15(23-28(26)22-14)21-12-5-4-11(16(17,18)19)10(7-24)13(12)25/h2-5,7,25H,6H2,1H3,(H,20,22)(H,21,23). The number of nitrogens with zero attached hydrogens (tertiary/aromatic N) is 2. The highest BCUT2D eigenvalue weighted by atomic mass is 32.2. The highest BCUT2D eigenvalue weighted by Gasteiger charge is 2.35. The number of aldehydes is 1. The van der Waals surface area contributed by atoms with Gasteiger partial charge in [-0.1, -0.05) is 0 Å². The fourth-order valence-corrected chi connectivity index (χ4v) is 3.05. The van der Waals surface area contributed by atoms with Gasteiger partial charge in [-0.15, -0.1) is 8.80 Å². The lowest BCUT2D eigenvalue weighted by Gasteiger charge is -2.15. The van der Waals surface area contributed by atoms with Crippen molar-refractivity contribution in [3.63, 3.8) is 0 Å². The van der Waals surface area contributed by atoms with E-state index in [0.29, 0.717) is 17.6 Å². The number of halogens is 3. The fourth-order valence-electron chi connectivity index (χ4n) is 2.42. The molecule has 1 aliphatic rings. The van der Waals surface area contributed by atoms with E-state index in [-0.39, 0.29) is 30.2 Å². The molecule has 0 saturated carbocycles. The van der Waals surface area contributed by atoms with E-state index in [1.807, 2.05) is 0 Å². The van der Waals surface area contributed by atoms with Crippen LogP contribution >= 0.6 is 0 Å². The van der Waals surface area contributed by atoms with Gasteiger partial charge in [0.15, 0.2) is 18.0 Å². The number of furan rings is 1. The zero-order valence-corrected chi connectivity index (χ0v) is 15.0. The molecule has 3 rings (SSSR count). The molecule has 1 aromatic heterocycles. The summed E-state index contributed by atoms with van der Waals surface area (Å²) >= 11 is -1.95. The summed E-state index contributed by atoms with van der Waals surface area (Å²) in [5.41, 5.74) is -2.42. The average Bonchev–Trinajstić information content (AvgIpc) is 3.18. The smallest absolute Gasteiger partial charge is 0.417 e. The number of hydrogen-bond donors (Lipinski definition) is 3. The molecule has 0 fully saturated rings. The number of phenolic OH excluding ortho intramolecular Hbond substituents is 1. The number of aryl methyl sites for hydroxylation is 1. The quantitative estimate of drug-likeness (QED) is 0.523. The minimum Gasteiger partial charge on any atom is -0.505 e. The number of benzene rings is 1. The number of carbonyl (C=O) groups is 1. The number of anilines is 1. The van der Waals surface area contributed by atoms with Crippen LogP contribution in [-0.2, 0) is 23.9 Å². The van der Waals surface area contributed by atoms with Crippen molar-refractivity contribution in [3.05, 3.63) is 46.9 Å². The summed E-state index contributed by atoms with van der Waals surface area (Å²) in [6, 6.07) is 5.05. The first-order valence-electron chi connectivity index (χ1n) is 7.73. The number of hydrogen-bond acceptors (Lipinski definition) is 6. The molecule has 12 heteroatoms. The van der Waals surface area contributed by atoms with E-state index < -0.39 is 34.2 Å². The highest BCUT2D eigenvalue weighted by molar-refractivity contribution is 7.83. The van der Waals surface area contributed by atoms with Crippen molar-refractivity contribution in [1.29, 1.82) is 0 Å². The van der Waals surface area contributed by atoms with Gasteiger partial charge in [0, 0.05) is 0 Å². The van der Waals surface area contributed by atoms with Gasteiger partial charge < -0.3 is 20.2 Å². The molecule has 148 valence electrons. The molecule has 0 spiro atoms. The van der Waals surface area contributed by atoms with Crippen LogP contribution in [0.5, 0.6) is 5.75 Å². The molecule has 0 bridgehead atoms. The van der Waals surface area contributed by atoms with Gasteiger partial charge in [-0.3, -0.25) is 4.79 Å². The zero-order valence-electron chi connectivity index (χ0n) is 14.2. The van der Waals surface area contributed by atoms with Crippen molar-refractivity contribution in [3.8, 4) is 5.75 Å². The van der Waals surface area contributed by atoms with Gasteiger partial charge in [-0.2, -0.15) is 13.2 Å². The summed E-state index contributed by atoms with van der Waals surface area (Å²) in [7, 11) is 0. The van der Waals surface area contributed by atoms with Crippen LogP contribution in [0.15, 0.2) is 37.5 Å². The Bertz CT molecular complexity index is 1010. The molecule has 3 N–H and O–H groups in total. The fraction of sp³-hybridized carbons (Fsp3) is 0.188. The van der Waals surface area contributed by atoms with Gasteiger partial charge in [0.05, 0.1) is 23.4 Å². The minimum atomic E-state index is -4.81. The number of phenols is 1. The predicted octanol–water partition coefficient (Wildman–Crippen LogP) is 2.72. The molecule has 8 nitrogen and oxygen atoms in total. The maximum Gasteiger partial charge on any atom is 0.417 e. The normalized spacial score (nSPS) is 16.5. The lowest BCUT2D eigenvalue weighted by atomic mass is 10.1. The Labute approximate surface area is 158 Å². The van der Waals surface area contributed by atoms with Crippen molar-refractivity contribution in [2.75, 3.05) is 5.32 Å². The van der Waals surface area contributed by atoms with Crippen LogP contribution in [0, 0.1) is 6.92 Å². The third-order valence-corrected chi connectivity index (χ3v) is 4.36. The number of alkyl halides is 3. The van der Waals surface area contributed by atoms with Gasteiger partial charge in [0.25, 0.3) is 11.2 Å². The van der Waals surface area contributed by atoms with Crippen molar-refractivity contribution in [2.24, 2.45) is 8.80 Å². The van der Waals surface area contributed by atoms with Crippen molar-refractivity contribution >= 4 is 34.8 Å². The lowest BCUT2D eigenvalue weighted by Crippen LogP contribution is -2.33. The first kappa shape index (κ1) is 19.6. The average molecular weight is 414 g/mol. The second-order valence-electron chi connectivity index (χ2n) is 5.64. The van der Waals surface area contributed by atoms with Crippen LogP contribution in [0.4, 0.5) is 18.9 Å². The SMILES string of the molecule is Cc1ccc(CNC2=NS(=O)N=C2Nc2ccc(C(F)(F)F)c(C=O)c2O)o1. The topological polar surface area (TPSA) is 116 Å². The van der Waals surface area contributed by atoms with Gasteiger partial charge in [0.1, 0.15) is 17.3 Å². The van der Waals surface area contributed by atoms with Gasteiger partial charge in [-0.05, 0) is 31.2 Å². The zero-order chi connectivity index (χ0) is 20.5. The Hall–Kier alpha value is -3.15. The Morgan fingerprint density at radius 1 is 1.21 bits per heavy atom. The van der Waals surface area contributed by atoms with Crippen LogP contribution in [0.1, 0.15) is 27.4 Å². The molecular weight excluding hydrogens is 401 g/mol. The van der Waals surface area contributed by atoms with E-state index in [4.69, 9.17) is 4.42 Å². The van der Waals surface area contributed by atoms with E-state index in [0.717, 1.165) is 6.07 Å². The molecule has 2 aromatic rings. The van der Waals surface area contributed by atoms with Crippen LogP contribution < -0.4 is 10.6 Å². The number of rotatable bonds is 4. The van der Waals surface area contributed by atoms with Gasteiger partial charge in [0.2, 0.25) is 0 Å². The first-order valence-corrected chi connectivity index (χ1v) is 8.79. The summed E-state index contributed by atoms with van der Waals surface area (Å²) in [6.07, 6.45) is -4.90. The summed E-state index contributed by atoms with van der Waals surface area (Å²) in [4.78, 5) is 11.0. The molecule has 1 aliphatic heterocycles. The third kappa shape index (κ3) is 4.06. The van der Waals surface area contributed by atoms with E-state index in [1.165, 1.54) is 0 Å². The molecule has 1 unspecified atom stereocenters. The molecule has 0 saturated heterocycles. The highest BCUT2D eigenvalue weighted by Crippen LogP contribution is 2.38. The first-order chi connectivity index (χ1) is 13.2. The Balaban J connectivity index is 1.82. The molecule has 1 aromatic carbocycles. The maximum absolute atomic E-state index is 12.9. The summed E-state index contributed by atoms with van der Waals surface area (Å²) in [5, 5.41) is 15.4. The van der Waals surface area contributed by atoms with Crippen molar-refractivity contribution < 1.29 is 31.7 Å². The summed E-state index contributed by atoms with van der Waals surface area (Å²) < 4.78 is 63.3. The van der Waals surface area contributed by atoms with Crippen LogP contribution in [0.3, 0.4) is 0 Å². The van der Waals surface area contributed by atoms with Gasteiger partial charge >= 0.3 is 6.18 Å². The second-order valence-corrected chi connectivity index (χ2v) is 6.47. The van der Waals surface area contributed by atoms with Crippen molar-refractivity contribution in [1.82, 2.24) is 5.32 Å². The van der Waals surface area contributed by atoms with E-state index in [1.54, 1.807) is 19.1 Å². The van der Waals surface area contributed by atoms with Crippen LogP contribution in [-0.4, -0.2) is 27.3 Å². The number of amidine groups is 2. The molecule has 28 heavy (non-hydrogen) atoms. The number of carbonyl (C=O) groups excluding carboxylic acids is 1. The molecule has 2 heterocycles. The van der Waals surface area contributed by atoms with E-state index in [9.17, 15) is 27.3 Å².